The van der Waals surface area contributed by atoms with Crippen LogP contribution in [0.3, 0.4) is 0 Å². The molecule has 0 aliphatic heterocycles. The summed E-state index contributed by atoms with van der Waals surface area (Å²) in [6.45, 7) is 6.55. The molecule has 0 bridgehead atoms. The standard InChI is InChI=1S/C11H21BrF3NO2/c1-3-17-7-5-16(6-8-18-4-2)9-10(12)11(13,14)15/h10H,3-9H2,1-2H3. The normalized spacial score (nSPS) is 14.2. The lowest BCUT2D eigenvalue weighted by atomic mass is 10.3. The molecule has 0 saturated carbocycles. The van der Waals surface area contributed by atoms with Crippen LogP contribution < -0.4 is 0 Å². The molecule has 110 valence electrons. The third kappa shape index (κ3) is 9.13. The molecule has 0 aliphatic carbocycles. The van der Waals surface area contributed by atoms with Crippen molar-refractivity contribution in [3.05, 3.63) is 0 Å². The van der Waals surface area contributed by atoms with Gasteiger partial charge < -0.3 is 9.47 Å². The average molecular weight is 336 g/mol. The van der Waals surface area contributed by atoms with Crippen molar-refractivity contribution in [3.63, 3.8) is 0 Å². The number of halogens is 4. The molecule has 0 heterocycles. The summed E-state index contributed by atoms with van der Waals surface area (Å²) >= 11 is 2.67. The van der Waals surface area contributed by atoms with Gasteiger partial charge in [0.25, 0.3) is 0 Å². The van der Waals surface area contributed by atoms with Gasteiger partial charge in [0, 0.05) is 32.8 Å². The number of alkyl halides is 4. The molecule has 0 radical (unpaired) electrons. The number of rotatable bonds is 10. The topological polar surface area (TPSA) is 21.7 Å². The Bertz CT molecular complexity index is 195. The maximum atomic E-state index is 12.5. The van der Waals surface area contributed by atoms with Gasteiger partial charge in [-0.25, -0.2) is 0 Å². The predicted molar refractivity (Wildman–Crippen MR) is 68.2 cm³/mol. The fourth-order valence-electron chi connectivity index (χ4n) is 1.30. The summed E-state index contributed by atoms with van der Waals surface area (Å²) in [6, 6.07) is 0. The lowest BCUT2D eigenvalue weighted by Gasteiger charge is -2.25. The molecule has 0 N–H and O–H groups in total. The zero-order valence-electron chi connectivity index (χ0n) is 10.8. The Labute approximate surface area is 115 Å². The van der Waals surface area contributed by atoms with Crippen molar-refractivity contribution < 1.29 is 22.6 Å². The monoisotopic (exact) mass is 335 g/mol. The van der Waals surface area contributed by atoms with Crippen LogP contribution in [0.25, 0.3) is 0 Å². The highest BCUT2D eigenvalue weighted by molar-refractivity contribution is 9.09. The maximum absolute atomic E-state index is 12.5. The second-order valence-electron chi connectivity index (χ2n) is 3.70. The smallest absolute Gasteiger partial charge is 0.380 e. The van der Waals surface area contributed by atoms with Crippen LogP contribution in [0, 0.1) is 0 Å². The summed E-state index contributed by atoms with van der Waals surface area (Å²) in [4.78, 5) is 0.173. The third-order valence-corrected chi connectivity index (χ3v) is 3.09. The van der Waals surface area contributed by atoms with Crippen molar-refractivity contribution in [1.82, 2.24) is 4.90 Å². The van der Waals surface area contributed by atoms with Gasteiger partial charge >= 0.3 is 6.18 Å². The quantitative estimate of drug-likeness (QED) is 0.452. The van der Waals surface area contributed by atoms with E-state index in [0.29, 0.717) is 39.5 Å². The maximum Gasteiger partial charge on any atom is 0.402 e. The van der Waals surface area contributed by atoms with E-state index in [-0.39, 0.29) is 6.54 Å². The summed E-state index contributed by atoms with van der Waals surface area (Å²) in [5.74, 6) is 0. The first-order valence-corrected chi connectivity index (χ1v) is 6.92. The molecule has 0 saturated heterocycles. The minimum atomic E-state index is -4.23. The molecule has 3 nitrogen and oxygen atoms in total. The Balaban J connectivity index is 4.10. The van der Waals surface area contributed by atoms with Gasteiger partial charge in [-0.05, 0) is 13.8 Å². The molecule has 0 aromatic rings. The van der Waals surface area contributed by atoms with Crippen LogP contribution in [0.5, 0.6) is 0 Å². The van der Waals surface area contributed by atoms with Gasteiger partial charge in [-0.3, -0.25) is 4.90 Å². The lowest BCUT2D eigenvalue weighted by Crippen LogP contribution is -2.40. The van der Waals surface area contributed by atoms with E-state index in [1.165, 1.54) is 0 Å². The van der Waals surface area contributed by atoms with Crippen LogP contribution in [0.2, 0.25) is 0 Å². The van der Waals surface area contributed by atoms with Gasteiger partial charge in [0.2, 0.25) is 0 Å². The molecular weight excluding hydrogens is 315 g/mol. The first-order valence-electron chi connectivity index (χ1n) is 6.00. The van der Waals surface area contributed by atoms with Crippen molar-refractivity contribution in [3.8, 4) is 0 Å². The van der Waals surface area contributed by atoms with E-state index in [4.69, 9.17) is 9.47 Å². The zero-order chi connectivity index (χ0) is 14.0. The van der Waals surface area contributed by atoms with Crippen LogP contribution >= 0.6 is 15.9 Å². The summed E-state index contributed by atoms with van der Waals surface area (Å²) < 4.78 is 47.7. The van der Waals surface area contributed by atoms with E-state index in [0.717, 1.165) is 0 Å². The fourth-order valence-corrected chi connectivity index (χ4v) is 1.71. The summed E-state index contributed by atoms with van der Waals surface area (Å²) in [7, 11) is 0. The van der Waals surface area contributed by atoms with Gasteiger partial charge in [0.15, 0.2) is 0 Å². The highest BCUT2D eigenvalue weighted by Gasteiger charge is 2.38. The average Bonchev–Trinajstić information content (AvgIpc) is 2.28. The van der Waals surface area contributed by atoms with Crippen LogP contribution in [-0.4, -0.2) is 62.0 Å². The Morgan fingerprint density at radius 1 is 1.06 bits per heavy atom. The molecule has 1 atom stereocenters. The number of hydrogen-bond donors (Lipinski definition) is 0. The van der Waals surface area contributed by atoms with Gasteiger partial charge in [-0.15, -0.1) is 0 Å². The SMILES string of the molecule is CCOCCN(CCOCC)CC(Br)C(F)(F)F. The number of hydrogen-bond acceptors (Lipinski definition) is 3. The molecule has 0 aliphatic rings. The van der Waals surface area contributed by atoms with E-state index < -0.39 is 11.0 Å². The van der Waals surface area contributed by atoms with Crippen LogP contribution in [-0.2, 0) is 9.47 Å². The summed E-state index contributed by atoms with van der Waals surface area (Å²) in [5.41, 5.74) is 0. The molecule has 7 heteroatoms. The highest BCUT2D eigenvalue weighted by atomic mass is 79.9. The molecule has 0 aromatic heterocycles. The van der Waals surface area contributed by atoms with E-state index >= 15 is 0 Å². The fraction of sp³-hybridized carbons (Fsp3) is 1.00. The molecule has 0 fully saturated rings. The van der Waals surface area contributed by atoms with Crippen molar-refractivity contribution in [1.29, 1.82) is 0 Å². The Kier molecular flexibility index (Phi) is 10.1. The highest BCUT2D eigenvalue weighted by Crippen LogP contribution is 2.26. The predicted octanol–water partition coefficient (Wildman–Crippen LogP) is 2.69. The Morgan fingerprint density at radius 3 is 1.83 bits per heavy atom. The second kappa shape index (κ2) is 10.00. The van der Waals surface area contributed by atoms with Gasteiger partial charge in [0.1, 0.15) is 4.83 Å². The molecule has 0 rings (SSSR count). The summed E-state index contributed by atoms with van der Waals surface area (Å²) in [5, 5.41) is 0. The van der Waals surface area contributed by atoms with Crippen LogP contribution in [0.1, 0.15) is 13.8 Å². The molecule has 1 unspecified atom stereocenters. The van der Waals surface area contributed by atoms with E-state index in [1.54, 1.807) is 4.90 Å². The Morgan fingerprint density at radius 2 is 1.50 bits per heavy atom. The molecule has 0 aromatic carbocycles. The first-order chi connectivity index (χ1) is 8.41. The van der Waals surface area contributed by atoms with Gasteiger partial charge in [0.05, 0.1) is 13.2 Å². The minimum absolute atomic E-state index is 0.0936. The van der Waals surface area contributed by atoms with Crippen molar-refractivity contribution in [2.75, 3.05) is 46.1 Å². The van der Waals surface area contributed by atoms with Crippen LogP contribution in [0.15, 0.2) is 0 Å². The molecule has 18 heavy (non-hydrogen) atoms. The van der Waals surface area contributed by atoms with Crippen molar-refractivity contribution in [2.24, 2.45) is 0 Å². The van der Waals surface area contributed by atoms with E-state index in [9.17, 15) is 13.2 Å². The summed E-state index contributed by atoms with van der Waals surface area (Å²) in [6.07, 6.45) is -4.23. The van der Waals surface area contributed by atoms with E-state index in [1.807, 2.05) is 13.8 Å². The van der Waals surface area contributed by atoms with Gasteiger partial charge in [-0.2, -0.15) is 13.2 Å². The van der Waals surface area contributed by atoms with Crippen LogP contribution in [0.4, 0.5) is 13.2 Å². The molecule has 0 amide bonds. The molecule has 0 spiro atoms. The number of ether oxygens (including phenoxy) is 2. The minimum Gasteiger partial charge on any atom is -0.380 e. The second-order valence-corrected chi connectivity index (χ2v) is 4.81. The molecular formula is C11H21BrF3NO2. The zero-order valence-corrected chi connectivity index (χ0v) is 12.4. The third-order valence-electron chi connectivity index (χ3n) is 2.29. The first kappa shape index (κ1) is 18.1. The van der Waals surface area contributed by atoms with E-state index in [2.05, 4.69) is 15.9 Å². The van der Waals surface area contributed by atoms with Gasteiger partial charge in [-0.1, -0.05) is 15.9 Å². The van der Waals surface area contributed by atoms with Crippen molar-refractivity contribution >= 4 is 15.9 Å². The number of nitrogens with zero attached hydrogens (tertiary/aromatic N) is 1. The largest absolute Gasteiger partial charge is 0.402 e. The van der Waals surface area contributed by atoms with Crippen molar-refractivity contribution in [2.45, 2.75) is 24.9 Å². The lowest BCUT2D eigenvalue weighted by molar-refractivity contribution is -0.131. The Hall–Kier alpha value is 0.150.